The normalized spacial score (nSPS) is 43.5. The summed E-state index contributed by atoms with van der Waals surface area (Å²) in [5.41, 5.74) is -0.0648. The van der Waals surface area contributed by atoms with Gasteiger partial charge in [0.15, 0.2) is 0 Å². The Morgan fingerprint density at radius 1 is 1.70 bits per heavy atom. The van der Waals surface area contributed by atoms with Crippen LogP contribution in [0.25, 0.3) is 0 Å². The van der Waals surface area contributed by atoms with E-state index in [2.05, 4.69) is 5.32 Å². The Hall–Kier alpha value is 0.170. The van der Waals surface area contributed by atoms with Gasteiger partial charge in [0.1, 0.15) is 0 Å². The van der Waals surface area contributed by atoms with E-state index in [1.165, 1.54) is 0 Å². The van der Waals surface area contributed by atoms with Gasteiger partial charge in [-0.2, -0.15) is 0 Å². The Bertz CT molecular complexity index is 123. The van der Waals surface area contributed by atoms with Gasteiger partial charge in [-0.15, -0.1) is 12.4 Å². The van der Waals surface area contributed by atoms with Gasteiger partial charge in [-0.25, -0.2) is 0 Å². The first-order valence-electron chi connectivity index (χ1n) is 3.32. The summed E-state index contributed by atoms with van der Waals surface area (Å²) in [6, 6.07) is 0. The summed E-state index contributed by atoms with van der Waals surface area (Å²) in [6.45, 7) is 1.82. The lowest BCUT2D eigenvalue weighted by Gasteiger charge is -2.23. The van der Waals surface area contributed by atoms with E-state index in [1.807, 2.05) is 0 Å². The van der Waals surface area contributed by atoms with Crippen LogP contribution in [0.4, 0.5) is 0 Å². The second-order valence-corrected chi connectivity index (χ2v) is 2.96. The minimum atomic E-state index is -0.0648. The van der Waals surface area contributed by atoms with Crippen LogP contribution in [0.3, 0.4) is 0 Å². The maximum atomic E-state index is 8.90. The van der Waals surface area contributed by atoms with E-state index < -0.39 is 0 Å². The first kappa shape index (κ1) is 8.27. The van der Waals surface area contributed by atoms with Gasteiger partial charge in [-0.1, -0.05) is 0 Å². The molecular weight excluding hydrogens is 154 g/mol. The van der Waals surface area contributed by atoms with Crippen LogP contribution in [0.1, 0.15) is 6.42 Å². The van der Waals surface area contributed by atoms with Crippen molar-refractivity contribution in [3.05, 3.63) is 0 Å². The summed E-state index contributed by atoms with van der Waals surface area (Å²) in [4.78, 5) is 0. The molecule has 0 aromatic carbocycles. The number of nitrogens with one attached hydrogen (secondary N) is 1. The molecule has 2 heterocycles. The minimum absolute atomic E-state index is 0. The van der Waals surface area contributed by atoms with Crippen molar-refractivity contribution in [1.82, 2.24) is 5.32 Å². The second-order valence-electron chi connectivity index (χ2n) is 2.96. The van der Waals surface area contributed by atoms with Gasteiger partial charge in [0.05, 0.1) is 24.9 Å². The predicted octanol–water partition coefficient (Wildman–Crippen LogP) is -0.469. The summed E-state index contributed by atoms with van der Waals surface area (Å²) in [7, 11) is 0. The Morgan fingerprint density at radius 3 is 2.70 bits per heavy atom. The average Bonchev–Trinajstić information content (AvgIpc) is 2.46. The van der Waals surface area contributed by atoms with Gasteiger partial charge >= 0.3 is 0 Å². The summed E-state index contributed by atoms with van der Waals surface area (Å²) < 4.78 is 5.32. The number of aliphatic hydroxyl groups is 1. The van der Waals surface area contributed by atoms with Crippen LogP contribution in [0.2, 0.25) is 0 Å². The molecule has 3 nitrogen and oxygen atoms in total. The first-order chi connectivity index (χ1) is 4.35. The zero-order chi connectivity index (χ0) is 6.32. The van der Waals surface area contributed by atoms with Crippen LogP contribution in [0.5, 0.6) is 0 Å². The lowest BCUT2D eigenvalue weighted by molar-refractivity contribution is 0.0523. The van der Waals surface area contributed by atoms with Crippen LogP contribution in [-0.4, -0.2) is 36.5 Å². The highest BCUT2D eigenvalue weighted by atomic mass is 35.5. The standard InChI is InChI=1S/C6H11NO2.ClH/c8-3-6-1-5(2-7-6)9-4-6;/h5,7-8H,1-4H2;1H/t5-,6+;/m0./s1. The van der Waals surface area contributed by atoms with Gasteiger partial charge in [-0.05, 0) is 6.42 Å². The van der Waals surface area contributed by atoms with Crippen LogP contribution < -0.4 is 5.32 Å². The third kappa shape index (κ3) is 1.03. The molecular formula is C6H12ClNO2. The number of ether oxygens (including phenoxy) is 1. The van der Waals surface area contributed by atoms with Crippen LogP contribution in [0.15, 0.2) is 0 Å². The summed E-state index contributed by atoms with van der Waals surface area (Å²) in [5, 5.41) is 12.1. The molecule has 0 amide bonds. The van der Waals surface area contributed by atoms with Gasteiger partial charge in [0.25, 0.3) is 0 Å². The van der Waals surface area contributed by atoms with Crippen molar-refractivity contribution >= 4 is 12.4 Å². The average molecular weight is 166 g/mol. The van der Waals surface area contributed by atoms with Crippen molar-refractivity contribution < 1.29 is 9.84 Å². The first-order valence-corrected chi connectivity index (χ1v) is 3.32. The molecule has 0 aromatic rings. The highest BCUT2D eigenvalue weighted by Gasteiger charge is 2.45. The molecule has 2 aliphatic heterocycles. The molecule has 4 heteroatoms. The Morgan fingerprint density at radius 2 is 2.50 bits per heavy atom. The van der Waals surface area contributed by atoms with Crippen molar-refractivity contribution in [2.45, 2.75) is 18.1 Å². The maximum Gasteiger partial charge on any atom is 0.0719 e. The molecule has 60 valence electrons. The number of fused-ring (bicyclic) bond motifs is 2. The van der Waals surface area contributed by atoms with E-state index in [9.17, 15) is 0 Å². The third-order valence-electron chi connectivity index (χ3n) is 2.22. The predicted molar refractivity (Wildman–Crippen MR) is 39.4 cm³/mol. The highest BCUT2D eigenvalue weighted by molar-refractivity contribution is 5.85. The Balaban J connectivity index is 0.000000500. The largest absolute Gasteiger partial charge is 0.394 e. The number of rotatable bonds is 1. The van der Waals surface area contributed by atoms with E-state index in [1.54, 1.807) is 0 Å². The molecule has 2 fully saturated rings. The summed E-state index contributed by atoms with van der Waals surface area (Å²) in [6.07, 6.45) is 1.36. The molecule has 2 saturated heterocycles. The van der Waals surface area contributed by atoms with Crippen molar-refractivity contribution in [2.75, 3.05) is 19.8 Å². The van der Waals surface area contributed by atoms with Crippen LogP contribution >= 0.6 is 12.4 Å². The number of hydrogen-bond donors (Lipinski definition) is 2. The highest BCUT2D eigenvalue weighted by Crippen LogP contribution is 2.28. The maximum absolute atomic E-state index is 8.90. The smallest absolute Gasteiger partial charge is 0.0719 e. The van der Waals surface area contributed by atoms with E-state index in [0.717, 1.165) is 13.0 Å². The van der Waals surface area contributed by atoms with Crippen molar-refractivity contribution in [3.63, 3.8) is 0 Å². The van der Waals surface area contributed by atoms with Crippen molar-refractivity contribution in [2.24, 2.45) is 0 Å². The van der Waals surface area contributed by atoms with E-state index >= 15 is 0 Å². The topological polar surface area (TPSA) is 41.5 Å². The number of morpholine rings is 1. The van der Waals surface area contributed by atoms with Crippen LogP contribution in [0, 0.1) is 0 Å². The van der Waals surface area contributed by atoms with E-state index in [0.29, 0.717) is 12.7 Å². The van der Waals surface area contributed by atoms with Gasteiger partial charge in [-0.3, -0.25) is 0 Å². The zero-order valence-corrected chi connectivity index (χ0v) is 6.49. The summed E-state index contributed by atoms with van der Waals surface area (Å²) in [5.74, 6) is 0. The second kappa shape index (κ2) is 2.66. The molecule has 10 heavy (non-hydrogen) atoms. The number of aliphatic hydroxyl groups excluding tert-OH is 1. The van der Waals surface area contributed by atoms with Gasteiger partial charge in [0.2, 0.25) is 0 Å². The number of hydrogen-bond acceptors (Lipinski definition) is 3. The molecule has 2 rings (SSSR count). The molecule has 2 atom stereocenters. The fourth-order valence-corrected chi connectivity index (χ4v) is 1.58. The van der Waals surface area contributed by atoms with Crippen LogP contribution in [-0.2, 0) is 4.74 Å². The van der Waals surface area contributed by atoms with Crippen molar-refractivity contribution in [3.8, 4) is 0 Å². The Kier molecular flexibility index (Phi) is 2.20. The fraction of sp³-hybridized carbons (Fsp3) is 1.00. The molecule has 0 aliphatic carbocycles. The van der Waals surface area contributed by atoms with E-state index in [4.69, 9.17) is 9.84 Å². The molecule has 2 bridgehead atoms. The molecule has 0 saturated carbocycles. The lowest BCUT2D eigenvalue weighted by Crippen LogP contribution is -2.47. The molecule has 2 N–H and O–H groups in total. The van der Waals surface area contributed by atoms with E-state index in [-0.39, 0.29) is 24.6 Å². The molecule has 0 radical (unpaired) electrons. The molecule has 0 unspecified atom stereocenters. The van der Waals surface area contributed by atoms with Gasteiger partial charge in [0, 0.05) is 6.54 Å². The summed E-state index contributed by atoms with van der Waals surface area (Å²) >= 11 is 0. The Labute approximate surface area is 66.2 Å². The SMILES string of the molecule is Cl.OC[C@]12CO[C@H](CN1)C2. The molecule has 0 aromatic heterocycles. The third-order valence-corrected chi connectivity index (χ3v) is 2.22. The van der Waals surface area contributed by atoms with Crippen molar-refractivity contribution in [1.29, 1.82) is 0 Å². The lowest BCUT2D eigenvalue weighted by atomic mass is 10.0. The molecule has 2 aliphatic rings. The number of halogens is 1. The monoisotopic (exact) mass is 165 g/mol. The zero-order valence-electron chi connectivity index (χ0n) is 5.67. The quantitative estimate of drug-likeness (QED) is 0.552. The molecule has 0 spiro atoms. The fourth-order valence-electron chi connectivity index (χ4n) is 1.58. The minimum Gasteiger partial charge on any atom is -0.394 e. The van der Waals surface area contributed by atoms with Gasteiger partial charge < -0.3 is 15.2 Å².